The molecule has 0 radical (unpaired) electrons. The van der Waals surface area contributed by atoms with Crippen LogP contribution in [0.3, 0.4) is 0 Å². The lowest BCUT2D eigenvalue weighted by Gasteiger charge is -2.31. The Hall–Kier alpha value is -2.25. The summed E-state index contributed by atoms with van der Waals surface area (Å²) in [6, 6.07) is 5.14. The number of amides is 2. The molecule has 0 aliphatic carbocycles. The summed E-state index contributed by atoms with van der Waals surface area (Å²) in [7, 11) is 0. The van der Waals surface area contributed by atoms with Crippen LogP contribution in [0.5, 0.6) is 5.75 Å². The number of halogens is 3. The lowest BCUT2D eigenvalue weighted by atomic mass is 10.00. The standard InChI is InChI=1S/C18H23F3N2O3/c1-13-3-2-10-23(12-13)17(25)8-9-22-16(24)11-14-4-6-15(7-5-14)26-18(19,20)21/h4-7,13H,2-3,8-12H2,1H3,(H,22,24). The van der Waals surface area contributed by atoms with Crippen molar-refractivity contribution in [3.05, 3.63) is 29.8 Å². The fourth-order valence-corrected chi connectivity index (χ4v) is 2.94. The zero-order valence-corrected chi connectivity index (χ0v) is 14.6. The van der Waals surface area contributed by atoms with Crippen LogP contribution in [0, 0.1) is 5.92 Å². The van der Waals surface area contributed by atoms with E-state index in [0.717, 1.165) is 38.1 Å². The van der Waals surface area contributed by atoms with E-state index in [1.165, 1.54) is 12.1 Å². The average molecular weight is 372 g/mol. The summed E-state index contributed by atoms with van der Waals surface area (Å²) in [5.74, 6) is -0.0746. The molecular formula is C18H23F3N2O3. The maximum Gasteiger partial charge on any atom is 0.573 e. The Morgan fingerprint density at radius 2 is 1.96 bits per heavy atom. The molecule has 144 valence electrons. The third-order valence-corrected chi connectivity index (χ3v) is 4.19. The number of carbonyl (C=O) groups excluding carboxylic acids is 2. The molecule has 5 nitrogen and oxygen atoms in total. The Kier molecular flexibility index (Phi) is 6.88. The summed E-state index contributed by atoms with van der Waals surface area (Å²) in [5, 5.41) is 2.67. The molecule has 0 saturated carbocycles. The number of carbonyl (C=O) groups is 2. The van der Waals surface area contributed by atoms with Crippen LogP contribution in [0.15, 0.2) is 24.3 Å². The van der Waals surface area contributed by atoms with E-state index in [-0.39, 0.29) is 37.0 Å². The fourth-order valence-electron chi connectivity index (χ4n) is 2.94. The first-order valence-electron chi connectivity index (χ1n) is 8.62. The van der Waals surface area contributed by atoms with E-state index in [2.05, 4.69) is 17.0 Å². The third-order valence-electron chi connectivity index (χ3n) is 4.19. The van der Waals surface area contributed by atoms with Gasteiger partial charge in [0.1, 0.15) is 5.75 Å². The topological polar surface area (TPSA) is 58.6 Å². The van der Waals surface area contributed by atoms with Crippen molar-refractivity contribution in [1.82, 2.24) is 10.2 Å². The zero-order valence-electron chi connectivity index (χ0n) is 14.6. The number of benzene rings is 1. The summed E-state index contributed by atoms with van der Waals surface area (Å²) >= 11 is 0. The highest BCUT2D eigenvalue weighted by Gasteiger charge is 2.31. The van der Waals surface area contributed by atoms with Crippen molar-refractivity contribution in [3.63, 3.8) is 0 Å². The maximum atomic E-state index is 12.1. The second-order valence-corrected chi connectivity index (χ2v) is 6.56. The third kappa shape index (κ3) is 6.93. The SMILES string of the molecule is CC1CCCN(C(=O)CCNC(=O)Cc2ccc(OC(F)(F)F)cc2)C1. The monoisotopic (exact) mass is 372 g/mol. The van der Waals surface area contributed by atoms with Crippen LogP contribution in [-0.4, -0.2) is 42.7 Å². The number of ether oxygens (including phenoxy) is 1. The van der Waals surface area contributed by atoms with Gasteiger partial charge in [0.05, 0.1) is 6.42 Å². The molecule has 1 aliphatic rings. The number of alkyl halides is 3. The number of rotatable bonds is 6. The molecule has 8 heteroatoms. The highest BCUT2D eigenvalue weighted by Crippen LogP contribution is 2.22. The van der Waals surface area contributed by atoms with Gasteiger partial charge in [0.25, 0.3) is 0 Å². The molecule has 1 saturated heterocycles. The predicted molar refractivity (Wildman–Crippen MR) is 89.4 cm³/mol. The zero-order chi connectivity index (χ0) is 19.2. The first kappa shape index (κ1) is 20.1. The van der Waals surface area contributed by atoms with Crippen molar-refractivity contribution in [2.75, 3.05) is 19.6 Å². The highest BCUT2D eigenvalue weighted by atomic mass is 19.4. The molecule has 1 aromatic rings. The molecule has 2 amide bonds. The molecule has 1 N–H and O–H groups in total. The van der Waals surface area contributed by atoms with E-state index in [4.69, 9.17) is 0 Å². The van der Waals surface area contributed by atoms with Crippen molar-refractivity contribution in [2.45, 2.75) is 39.0 Å². The van der Waals surface area contributed by atoms with Gasteiger partial charge in [0.2, 0.25) is 11.8 Å². The molecular weight excluding hydrogens is 349 g/mol. The fraction of sp³-hybridized carbons (Fsp3) is 0.556. The molecule has 1 aliphatic heterocycles. The Bertz CT molecular complexity index is 617. The van der Waals surface area contributed by atoms with Crippen LogP contribution in [0.25, 0.3) is 0 Å². The van der Waals surface area contributed by atoms with Gasteiger partial charge >= 0.3 is 6.36 Å². The van der Waals surface area contributed by atoms with Gasteiger partial charge in [-0.1, -0.05) is 19.1 Å². The summed E-state index contributed by atoms with van der Waals surface area (Å²) in [6.45, 7) is 3.90. The molecule has 0 bridgehead atoms. The quantitative estimate of drug-likeness (QED) is 0.835. The number of piperidine rings is 1. The van der Waals surface area contributed by atoms with Crippen LogP contribution >= 0.6 is 0 Å². The minimum Gasteiger partial charge on any atom is -0.406 e. The molecule has 1 heterocycles. The predicted octanol–water partition coefficient (Wildman–Crippen LogP) is 2.89. The van der Waals surface area contributed by atoms with E-state index in [1.807, 2.05) is 4.90 Å². The van der Waals surface area contributed by atoms with Gasteiger partial charge in [-0.05, 0) is 36.5 Å². The summed E-state index contributed by atoms with van der Waals surface area (Å²) in [6.07, 6.45) is -2.32. The van der Waals surface area contributed by atoms with Crippen LogP contribution in [0.2, 0.25) is 0 Å². The van der Waals surface area contributed by atoms with Crippen molar-refractivity contribution < 1.29 is 27.5 Å². The van der Waals surface area contributed by atoms with Gasteiger partial charge in [0, 0.05) is 26.1 Å². The highest BCUT2D eigenvalue weighted by molar-refractivity contribution is 5.80. The first-order chi connectivity index (χ1) is 12.2. The molecule has 0 aromatic heterocycles. The molecule has 1 unspecified atom stereocenters. The van der Waals surface area contributed by atoms with Gasteiger partial charge in [-0.15, -0.1) is 13.2 Å². The molecule has 0 spiro atoms. The Balaban J connectivity index is 1.70. The summed E-state index contributed by atoms with van der Waals surface area (Å²) in [5.41, 5.74) is 0.563. The van der Waals surface area contributed by atoms with Crippen molar-refractivity contribution in [3.8, 4) is 5.75 Å². The van der Waals surface area contributed by atoms with E-state index < -0.39 is 6.36 Å². The number of hydrogen-bond donors (Lipinski definition) is 1. The van der Waals surface area contributed by atoms with Crippen LogP contribution < -0.4 is 10.1 Å². The van der Waals surface area contributed by atoms with E-state index in [0.29, 0.717) is 11.5 Å². The Labute approximate surface area is 150 Å². The number of hydrogen-bond acceptors (Lipinski definition) is 3. The number of nitrogens with one attached hydrogen (secondary N) is 1. The summed E-state index contributed by atoms with van der Waals surface area (Å²) in [4.78, 5) is 25.8. The number of likely N-dealkylation sites (tertiary alicyclic amines) is 1. The molecule has 1 aromatic carbocycles. The number of nitrogens with zero attached hydrogens (tertiary/aromatic N) is 1. The molecule has 26 heavy (non-hydrogen) atoms. The van der Waals surface area contributed by atoms with Gasteiger partial charge < -0.3 is 15.0 Å². The Morgan fingerprint density at radius 3 is 2.58 bits per heavy atom. The van der Waals surface area contributed by atoms with Gasteiger partial charge in [-0.3, -0.25) is 9.59 Å². The van der Waals surface area contributed by atoms with Gasteiger partial charge in [-0.2, -0.15) is 0 Å². The lowest BCUT2D eigenvalue weighted by molar-refractivity contribution is -0.274. The van der Waals surface area contributed by atoms with Crippen molar-refractivity contribution in [1.29, 1.82) is 0 Å². The molecule has 1 fully saturated rings. The normalized spacial score (nSPS) is 17.7. The van der Waals surface area contributed by atoms with Crippen LogP contribution in [0.1, 0.15) is 31.7 Å². The first-order valence-corrected chi connectivity index (χ1v) is 8.62. The Morgan fingerprint density at radius 1 is 1.27 bits per heavy atom. The van der Waals surface area contributed by atoms with Crippen LogP contribution in [0.4, 0.5) is 13.2 Å². The minimum absolute atomic E-state index is 0.0290. The minimum atomic E-state index is -4.74. The van der Waals surface area contributed by atoms with Crippen LogP contribution in [-0.2, 0) is 16.0 Å². The lowest BCUT2D eigenvalue weighted by Crippen LogP contribution is -2.40. The van der Waals surface area contributed by atoms with Crippen molar-refractivity contribution >= 4 is 11.8 Å². The van der Waals surface area contributed by atoms with E-state index in [1.54, 1.807) is 0 Å². The average Bonchev–Trinajstić information content (AvgIpc) is 2.55. The van der Waals surface area contributed by atoms with E-state index in [9.17, 15) is 22.8 Å². The smallest absolute Gasteiger partial charge is 0.406 e. The summed E-state index contributed by atoms with van der Waals surface area (Å²) < 4.78 is 40.1. The van der Waals surface area contributed by atoms with Crippen molar-refractivity contribution in [2.24, 2.45) is 5.92 Å². The molecule has 2 rings (SSSR count). The second kappa shape index (κ2) is 8.91. The van der Waals surface area contributed by atoms with Gasteiger partial charge in [0.15, 0.2) is 0 Å². The maximum absolute atomic E-state index is 12.1. The molecule has 1 atom stereocenters. The largest absolute Gasteiger partial charge is 0.573 e. The van der Waals surface area contributed by atoms with Gasteiger partial charge in [-0.25, -0.2) is 0 Å². The van der Waals surface area contributed by atoms with E-state index >= 15 is 0 Å². The second-order valence-electron chi connectivity index (χ2n) is 6.56.